The Bertz CT molecular complexity index is 63.4. The van der Waals surface area contributed by atoms with Gasteiger partial charge in [-0.25, -0.2) is 0 Å². The second-order valence-electron chi connectivity index (χ2n) is 2.86. The fraction of sp³-hybridized carbons (Fsp3) is 1.00. The van der Waals surface area contributed by atoms with Gasteiger partial charge in [-0.15, -0.1) is 0 Å². The van der Waals surface area contributed by atoms with Crippen molar-refractivity contribution in [3.8, 4) is 0 Å². The molecule has 0 aromatic heterocycles. The van der Waals surface area contributed by atoms with Gasteiger partial charge < -0.3 is 5.11 Å². The van der Waals surface area contributed by atoms with Crippen LogP contribution in [-0.4, -0.2) is 16.9 Å². The first kappa shape index (κ1) is 7.92. The predicted octanol–water partition coefficient (Wildman–Crippen LogP) is 0.713. The zero-order chi connectivity index (χ0) is 6.78. The van der Waals surface area contributed by atoms with E-state index >= 15 is 0 Å². The summed E-state index contributed by atoms with van der Waals surface area (Å²) in [5.41, 5.74) is -0.728. The Morgan fingerprint density at radius 2 is 1.75 bits per heavy atom. The second-order valence-corrected chi connectivity index (χ2v) is 2.86. The maximum atomic E-state index is 9.08. The van der Waals surface area contributed by atoms with E-state index in [0.29, 0.717) is 6.04 Å². The lowest BCUT2D eigenvalue weighted by Crippen LogP contribution is -2.43. The Hall–Kier alpha value is -0.0800. The van der Waals surface area contributed by atoms with E-state index in [9.17, 15) is 0 Å². The van der Waals surface area contributed by atoms with Crippen molar-refractivity contribution in [2.75, 3.05) is 0 Å². The molecule has 50 valence electrons. The molecule has 2 N–H and O–H groups in total. The SMILES string of the molecule is CC(C)NC(C)(C)O. The molecular formula is C6H15NO. The molecule has 0 atom stereocenters. The average molecular weight is 117 g/mol. The van der Waals surface area contributed by atoms with Gasteiger partial charge in [-0.3, -0.25) is 5.32 Å². The smallest absolute Gasteiger partial charge is 0.110 e. The zero-order valence-electron chi connectivity index (χ0n) is 6.02. The molecule has 0 fully saturated rings. The number of hydrogen-bond donors (Lipinski definition) is 2. The lowest BCUT2D eigenvalue weighted by molar-refractivity contribution is 0.0353. The normalized spacial score (nSPS) is 12.8. The summed E-state index contributed by atoms with van der Waals surface area (Å²) in [6, 6.07) is 0.343. The molecule has 0 aliphatic heterocycles. The van der Waals surface area contributed by atoms with Crippen LogP contribution in [0.15, 0.2) is 0 Å². The summed E-state index contributed by atoms with van der Waals surface area (Å²) in [4.78, 5) is 0. The first-order valence-electron chi connectivity index (χ1n) is 2.92. The van der Waals surface area contributed by atoms with Crippen LogP contribution < -0.4 is 5.32 Å². The number of rotatable bonds is 2. The average Bonchev–Trinajstić information content (AvgIpc) is 1.21. The van der Waals surface area contributed by atoms with E-state index < -0.39 is 5.72 Å². The third-order valence-corrected chi connectivity index (χ3v) is 0.642. The molecular weight excluding hydrogens is 102 g/mol. The minimum atomic E-state index is -0.728. The summed E-state index contributed by atoms with van der Waals surface area (Å²) in [6.45, 7) is 7.45. The van der Waals surface area contributed by atoms with Gasteiger partial charge in [-0.1, -0.05) is 0 Å². The van der Waals surface area contributed by atoms with Crippen molar-refractivity contribution < 1.29 is 5.11 Å². The van der Waals surface area contributed by atoms with Crippen LogP contribution in [0.2, 0.25) is 0 Å². The monoisotopic (exact) mass is 117 g/mol. The molecule has 0 aromatic carbocycles. The molecule has 0 rings (SSSR count). The van der Waals surface area contributed by atoms with E-state index in [1.54, 1.807) is 13.8 Å². The minimum Gasteiger partial charge on any atom is -0.376 e. The Kier molecular flexibility index (Phi) is 2.44. The van der Waals surface area contributed by atoms with Crippen LogP contribution in [0, 0.1) is 0 Å². The summed E-state index contributed by atoms with van der Waals surface area (Å²) < 4.78 is 0. The van der Waals surface area contributed by atoms with Crippen molar-refractivity contribution in [3.63, 3.8) is 0 Å². The molecule has 2 heteroatoms. The molecule has 0 saturated heterocycles. The third-order valence-electron chi connectivity index (χ3n) is 0.642. The molecule has 0 radical (unpaired) electrons. The van der Waals surface area contributed by atoms with Gasteiger partial charge in [0.2, 0.25) is 0 Å². The fourth-order valence-corrected chi connectivity index (χ4v) is 0.706. The van der Waals surface area contributed by atoms with Crippen LogP contribution >= 0.6 is 0 Å². The Labute approximate surface area is 50.9 Å². The molecule has 0 unspecified atom stereocenters. The highest BCUT2D eigenvalue weighted by atomic mass is 16.3. The molecule has 0 aliphatic rings. The second kappa shape index (κ2) is 2.46. The fourth-order valence-electron chi connectivity index (χ4n) is 0.706. The minimum absolute atomic E-state index is 0.343. The van der Waals surface area contributed by atoms with Crippen LogP contribution in [0.1, 0.15) is 27.7 Å². The molecule has 0 aromatic rings. The van der Waals surface area contributed by atoms with Gasteiger partial charge in [0, 0.05) is 6.04 Å². The maximum Gasteiger partial charge on any atom is 0.110 e. The van der Waals surface area contributed by atoms with Gasteiger partial charge in [-0.05, 0) is 27.7 Å². The van der Waals surface area contributed by atoms with E-state index in [1.165, 1.54) is 0 Å². The van der Waals surface area contributed by atoms with Crippen molar-refractivity contribution in [1.82, 2.24) is 5.32 Å². The van der Waals surface area contributed by atoms with Gasteiger partial charge in [0.15, 0.2) is 0 Å². The third kappa shape index (κ3) is 5.92. The molecule has 0 saturated carbocycles. The van der Waals surface area contributed by atoms with E-state index in [1.807, 2.05) is 13.8 Å². The summed E-state index contributed by atoms with van der Waals surface area (Å²) in [5, 5.41) is 12.0. The lowest BCUT2D eigenvalue weighted by atomic mass is 10.2. The first-order chi connectivity index (χ1) is 3.42. The van der Waals surface area contributed by atoms with Gasteiger partial charge in [0.05, 0.1) is 0 Å². The Balaban J connectivity index is 3.39. The quantitative estimate of drug-likeness (QED) is 0.522. The van der Waals surface area contributed by atoms with E-state index in [-0.39, 0.29) is 0 Å². The van der Waals surface area contributed by atoms with Crippen LogP contribution in [0.5, 0.6) is 0 Å². The van der Waals surface area contributed by atoms with Crippen LogP contribution in [0.3, 0.4) is 0 Å². The molecule has 0 spiro atoms. The highest BCUT2D eigenvalue weighted by Crippen LogP contribution is 1.95. The first-order valence-corrected chi connectivity index (χ1v) is 2.92. The summed E-state index contributed by atoms with van der Waals surface area (Å²) in [7, 11) is 0. The predicted molar refractivity (Wildman–Crippen MR) is 34.6 cm³/mol. The number of nitrogens with one attached hydrogen (secondary N) is 1. The van der Waals surface area contributed by atoms with Crippen molar-refractivity contribution >= 4 is 0 Å². The molecule has 0 amide bonds. The van der Waals surface area contributed by atoms with Crippen molar-refractivity contribution in [2.45, 2.75) is 39.5 Å². The standard InChI is InChI=1S/C6H15NO/c1-5(2)7-6(3,4)8/h5,7-8H,1-4H3. The van der Waals surface area contributed by atoms with Crippen LogP contribution in [0.25, 0.3) is 0 Å². The van der Waals surface area contributed by atoms with E-state index in [0.717, 1.165) is 0 Å². The van der Waals surface area contributed by atoms with Crippen molar-refractivity contribution in [3.05, 3.63) is 0 Å². The van der Waals surface area contributed by atoms with Gasteiger partial charge >= 0.3 is 0 Å². The molecule has 2 nitrogen and oxygen atoms in total. The summed E-state index contributed by atoms with van der Waals surface area (Å²) in [5.74, 6) is 0. The topological polar surface area (TPSA) is 32.3 Å². The van der Waals surface area contributed by atoms with Crippen LogP contribution in [-0.2, 0) is 0 Å². The lowest BCUT2D eigenvalue weighted by Gasteiger charge is -2.21. The Morgan fingerprint density at radius 1 is 1.38 bits per heavy atom. The Morgan fingerprint density at radius 3 is 1.75 bits per heavy atom. The molecule has 8 heavy (non-hydrogen) atoms. The molecule has 0 aliphatic carbocycles. The van der Waals surface area contributed by atoms with E-state index in [2.05, 4.69) is 5.32 Å². The highest BCUT2D eigenvalue weighted by molar-refractivity contribution is 4.64. The van der Waals surface area contributed by atoms with Gasteiger partial charge in [0.1, 0.15) is 5.72 Å². The largest absolute Gasteiger partial charge is 0.376 e. The van der Waals surface area contributed by atoms with E-state index in [4.69, 9.17) is 5.11 Å². The van der Waals surface area contributed by atoms with Gasteiger partial charge in [-0.2, -0.15) is 0 Å². The van der Waals surface area contributed by atoms with Crippen molar-refractivity contribution in [2.24, 2.45) is 0 Å². The van der Waals surface area contributed by atoms with Crippen molar-refractivity contribution in [1.29, 1.82) is 0 Å². The molecule has 0 bridgehead atoms. The zero-order valence-corrected chi connectivity index (χ0v) is 6.02. The number of hydrogen-bond acceptors (Lipinski definition) is 2. The highest BCUT2D eigenvalue weighted by Gasteiger charge is 2.11. The number of aliphatic hydroxyl groups is 1. The summed E-state index contributed by atoms with van der Waals surface area (Å²) in [6.07, 6.45) is 0. The van der Waals surface area contributed by atoms with Gasteiger partial charge in [0.25, 0.3) is 0 Å². The van der Waals surface area contributed by atoms with Crippen LogP contribution in [0.4, 0.5) is 0 Å². The molecule has 0 heterocycles. The summed E-state index contributed by atoms with van der Waals surface area (Å²) >= 11 is 0. The maximum absolute atomic E-state index is 9.08.